The molecule has 0 aromatic carbocycles. The van der Waals surface area contributed by atoms with Crippen LogP contribution >= 0.6 is 11.3 Å². The number of fused-ring (bicyclic) bond motifs is 1. The highest BCUT2D eigenvalue weighted by atomic mass is 32.1. The largest absolute Gasteiger partial charge is 0.481 e. The summed E-state index contributed by atoms with van der Waals surface area (Å²) >= 11 is 1.45. The molecule has 1 heterocycles. The van der Waals surface area contributed by atoms with E-state index in [1.807, 2.05) is 0 Å². The summed E-state index contributed by atoms with van der Waals surface area (Å²) in [4.78, 5) is 38.2. The van der Waals surface area contributed by atoms with Crippen molar-refractivity contribution in [2.45, 2.75) is 65.7 Å². The van der Waals surface area contributed by atoms with Gasteiger partial charge in [0, 0.05) is 4.88 Å². The minimum absolute atomic E-state index is 0.174. The molecular weight excluding hydrogens is 390 g/mol. The average Bonchev–Trinajstić information content (AvgIpc) is 3.03. The SMILES string of the molecule is COC(=O)c1c(NC(=O)[C@H]2CCCC[C@H]2C(=O)O)sc2c1CCC(C(C)(C)C)C2. The summed E-state index contributed by atoms with van der Waals surface area (Å²) in [5.74, 6) is -2.37. The number of carboxylic acids is 1. The fourth-order valence-electron chi connectivity index (χ4n) is 4.68. The minimum Gasteiger partial charge on any atom is -0.481 e. The molecule has 0 saturated heterocycles. The van der Waals surface area contributed by atoms with Gasteiger partial charge >= 0.3 is 11.9 Å². The van der Waals surface area contributed by atoms with Gasteiger partial charge in [-0.1, -0.05) is 33.6 Å². The monoisotopic (exact) mass is 421 g/mol. The van der Waals surface area contributed by atoms with Crippen molar-refractivity contribution >= 4 is 34.2 Å². The maximum Gasteiger partial charge on any atom is 0.341 e. The normalized spacial score (nSPS) is 24.5. The first kappa shape index (κ1) is 21.8. The van der Waals surface area contributed by atoms with E-state index in [0.29, 0.717) is 29.3 Å². The lowest BCUT2D eigenvalue weighted by molar-refractivity contribution is -0.147. The number of ether oxygens (including phenoxy) is 1. The number of methoxy groups -OCH3 is 1. The van der Waals surface area contributed by atoms with Gasteiger partial charge in [-0.15, -0.1) is 11.3 Å². The number of amides is 1. The maximum absolute atomic E-state index is 13.0. The molecule has 29 heavy (non-hydrogen) atoms. The van der Waals surface area contributed by atoms with Crippen molar-refractivity contribution in [2.24, 2.45) is 23.2 Å². The van der Waals surface area contributed by atoms with Crippen LogP contribution in [0.1, 0.15) is 73.7 Å². The summed E-state index contributed by atoms with van der Waals surface area (Å²) in [6.45, 7) is 6.69. The van der Waals surface area contributed by atoms with Crippen LogP contribution in [0.4, 0.5) is 5.00 Å². The molecule has 0 radical (unpaired) electrons. The molecule has 0 aliphatic heterocycles. The lowest BCUT2D eigenvalue weighted by atomic mass is 9.72. The van der Waals surface area contributed by atoms with Crippen LogP contribution in [0.3, 0.4) is 0 Å². The van der Waals surface area contributed by atoms with Gasteiger partial charge in [0.25, 0.3) is 0 Å². The number of rotatable bonds is 4. The average molecular weight is 422 g/mol. The number of carboxylic acid groups (broad SMARTS) is 1. The van der Waals surface area contributed by atoms with Gasteiger partial charge in [0.2, 0.25) is 5.91 Å². The van der Waals surface area contributed by atoms with E-state index in [2.05, 4.69) is 26.1 Å². The Morgan fingerprint density at radius 3 is 2.34 bits per heavy atom. The second kappa shape index (κ2) is 8.46. The van der Waals surface area contributed by atoms with E-state index in [9.17, 15) is 19.5 Å². The van der Waals surface area contributed by atoms with E-state index < -0.39 is 23.8 Å². The molecule has 1 saturated carbocycles. The Hall–Kier alpha value is -1.89. The molecule has 7 heteroatoms. The molecule has 160 valence electrons. The molecule has 3 rings (SSSR count). The molecule has 2 aliphatic carbocycles. The van der Waals surface area contributed by atoms with Crippen molar-refractivity contribution in [3.05, 3.63) is 16.0 Å². The lowest BCUT2D eigenvalue weighted by Crippen LogP contribution is -2.36. The Morgan fingerprint density at radius 1 is 1.10 bits per heavy atom. The zero-order valence-electron chi connectivity index (χ0n) is 17.7. The highest BCUT2D eigenvalue weighted by Crippen LogP contribution is 2.45. The zero-order valence-corrected chi connectivity index (χ0v) is 18.5. The first-order chi connectivity index (χ1) is 13.6. The third-order valence-corrected chi connectivity index (χ3v) is 7.71. The number of anilines is 1. The summed E-state index contributed by atoms with van der Waals surface area (Å²) in [5.41, 5.74) is 1.61. The van der Waals surface area contributed by atoms with Gasteiger partial charge in [-0.05, 0) is 49.0 Å². The van der Waals surface area contributed by atoms with Gasteiger partial charge < -0.3 is 15.2 Å². The number of thiophene rings is 1. The van der Waals surface area contributed by atoms with Gasteiger partial charge in [-0.3, -0.25) is 9.59 Å². The molecule has 0 bridgehead atoms. The Morgan fingerprint density at radius 2 is 1.76 bits per heavy atom. The van der Waals surface area contributed by atoms with Gasteiger partial charge in [-0.25, -0.2) is 4.79 Å². The fraction of sp³-hybridized carbons (Fsp3) is 0.682. The van der Waals surface area contributed by atoms with Gasteiger partial charge in [-0.2, -0.15) is 0 Å². The van der Waals surface area contributed by atoms with Crippen molar-refractivity contribution in [3.63, 3.8) is 0 Å². The predicted molar refractivity (Wildman–Crippen MR) is 112 cm³/mol. The van der Waals surface area contributed by atoms with Crippen LogP contribution in [-0.2, 0) is 27.2 Å². The number of hydrogen-bond donors (Lipinski definition) is 2. The lowest BCUT2D eigenvalue weighted by Gasteiger charge is -2.33. The Labute approximate surface area is 176 Å². The smallest absolute Gasteiger partial charge is 0.341 e. The van der Waals surface area contributed by atoms with E-state index >= 15 is 0 Å². The third kappa shape index (κ3) is 4.49. The Kier molecular flexibility index (Phi) is 6.36. The van der Waals surface area contributed by atoms with Crippen LogP contribution in [0, 0.1) is 23.2 Å². The van der Waals surface area contributed by atoms with Crippen LogP contribution in [0.2, 0.25) is 0 Å². The Bertz CT molecular complexity index is 807. The van der Waals surface area contributed by atoms with Gasteiger partial charge in [0.1, 0.15) is 5.00 Å². The molecule has 1 aromatic rings. The molecule has 3 atom stereocenters. The number of esters is 1. The second-order valence-corrected chi connectivity index (χ2v) is 10.4. The number of aliphatic carboxylic acids is 1. The molecule has 1 amide bonds. The number of carbonyl (C=O) groups excluding carboxylic acids is 2. The fourth-order valence-corrected chi connectivity index (χ4v) is 5.99. The van der Waals surface area contributed by atoms with Crippen molar-refractivity contribution in [1.29, 1.82) is 0 Å². The minimum atomic E-state index is -0.920. The number of nitrogens with one attached hydrogen (secondary N) is 1. The quantitative estimate of drug-likeness (QED) is 0.698. The van der Waals surface area contributed by atoms with E-state index in [-0.39, 0.29) is 11.3 Å². The van der Waals surface area contributed by atoms with Crippen molar-refractivity contribution in [1.82, 2.24) is 0 Å². The van der Waals surface area contributed by atoms with Crippen LogP contribution < -0.4 is 5.32 Å². The Balaban J connectivity index is 1.89. The highest BCUT2D eigenvalue weighted by Gasteiger charge is 2.38. The molecular formula is C22H31NO5S. The van der Waals surface area contributed by atoms with E-state index in [4.69, 9.17) is 4.74 Å². The van der Waals surface area contributed by atoms with Gasteiger partial charge in [0.05, 0.1) is 24.5 Å². The standard InChI is InChI=1S/C22H31NO5S/c1-22(2,3)12-9-10-15-16(11-12)29-19(17(15)21(27)28-4)23-18(24)13-7-5-6-8-14(13)20(25)26/h12-14H,5-11H2,1-4H3,(H,23,24)(H,25,26)/t12?,13-,14+/m0/s1. The van der Waals surface area contributed by atoms with Crippen LogP contribution in [0.15, 0.2) is 0 Å². The van der Waals surface area contributed by atoms with Crippen LogP contribution in [0.5, 0.6) is 0 Å². The van der Waals surface area contributed by atoms with Crippen LogP contribution in [0.25, 0.3) is 0 Å². The number of carbonyl (C=O) groups is 3. The summed E-state index contributed by atoms with van der Waals surface area (Å²) in [6.07, 6.45) is 5.42. The molecule has 6 nitrogen and oxygen atoms in total. The molecule has 0 spiro atoms. The maximum atomic E-state index is 13.0. The third-order valence-electron chi connectivity index (χ3n) is 6.54. The topological polar surface area (TPSA) is 92.7 Å². The highest BCUT2D eigenvalue weighted by molar-refractivity contribution is 7.17. The zero-order chi connectivity index (χ0) is 21.3. The molecule has 1 aromatic heterocycles. The van der Waals surface area contributed by atoms with Crippen LogP contribution in [-0.4, -0.2) is 30.1 Å². The second-order valence-electron chi connectivity index (χ2n) is 9.33. The first-order valence-electron chi connectivity index (χ1n) is 10.4. The summed E-state index contributed by atoms with van der Waals surface area (Å²) in [7, 11) is 1.35. The molecule has 1 fully saturated rings. The van der Waals surface area contributed by atoms with E-state index in [1.54, 1.807) is 0 Å². The number of hydrogen-bond acceptors (Lipinski definition) is 5. The molecule has 2 aliphatic rings. The van der Waals surface area contributed by atoms with E-state index in [1.165, 1.54) is 18.4 Å². The first-order valence-corrected chi connectivity index (χ1v) is 11.2. The predicted octanol–water partition coefficient (Wildman–Crippen LogP) is 4.52. The van der Waals surface area contributed by atoms with Crippen molar-refractivity contribution < 1.29 is 24.2 Å². The van der Waals surface area contributed by atoms with Gasteiger partial charge in [0.15, 0.2) is 0 Å². The van der Waals surface area contributed by atoms with Crippen molar-refractivity contribution in [2.75, 3.05) is 12.4 Å². The summed E-state index contributed by atoms with van der Waals surface area (Å²) in [5, 5.41) is 12.9. The van der Waals surface area contributed by atoms with E-state index in [0.717, 1.165) is 42.5 Å². The molecule has 2 N–H and O–H groups in total. The summed E-state index contributed by atoms with van der Waals surface area (Å²) in [6, 6.07) is 0. The van der Waals surface area contributed by atoms with Crippen molar-refractivity contribution in [3.8, 4) is 0 Å². The summed E-state index contributed by atoms with van der Waals surface area (Å²) < 4.78 is 5.00. The molecule has 1 unspecified atom stereocenters.